The minimum atomic E-state index is -4.57. The summed E-state index contributed by atoms with van der Waals surface area (Å²) in [5.74, 6) is -0.326. The molecule has 3 rings (SSSR count). The zero-order chi connectivity index (χ0) is 18.7. The lowest BCUT2D eigenvalue weighted by Gasteiger charge is -2.09. The first kappa shape index (κ1) is 18.3. The summed E-state index contributed by atoms with van der Waals surface area (Å²) < 4.78 is 48.1. The largest absolute Gasteiger partial charge is 0.459 e. The minimum absolute atomic E-state index is 0.123. The summed E-state index contributed by atoms with van der Waals surface area (Å²) in [6, 6.07) is 3.97. The van der Waals surface area contributed by atoms with Crippen molar-refractivity contribution >= 4 is 35.1 Å². The van der Waals surface area contributed by atoms with E-state index in [4.69, 9.17) is 20.4 Å². The fourth-order valence-electron chi connectivity index (χ4n) is 1.75. The Bertz CT molecular complexity index is 915. The third-order valence-corrected chi connectivity index (χ3v) is 4.00. The summed E-state index contributed by atoms with van der Waals surface area (Å²) in [5, 5.41) is 9.63. The molecule has 1 amide bonds. The lowest BCUT2D eigenvalue weighted by atomic mass is 10.3. The van der Waals surface area contributed by atoms with Crippen molar-refractivity contribution in [2.24, 2.45) is 0 Å². The number of anilines is 1. The quantitative estimate of drug-likeness (QED) is 0.639. The highest BCUT2D eigenvalue weighted by Crippen LogP contribution is 2.32. The Labute approximate surface area is 152 Å². The average Bonchev–Trinajstić information content (AvgIpc) is 3.25. The van der Waals surface area contributed by atoms with Crippen LogP contribution in [0.3, 0.4) is 0 Å². The van der Waals surface area contributed by atoms with Gasteiger partial charge in [0.15, 0.2) is 11.6 Å². The zero-order valence-corrected chi connectivity index (χ0v) is 14.2. The van der Waals surface area contributed by atoms with E-state index in [-0.39, 0.29) is 27.7 Å². The summed E-state index contributed by atoms with van der Waals surface area (Å²) in [6.45, 7) is 0. The molecule has 3 aromatic heterocycles. The molecule has 0 aromatic carbocycles. The molecule has 0 unspecified atom stereocenters. The van der Waals surface area contributed by atoms with E-state index in [2.05, 4.69) is 20.5 Å². The molecule has 7 nitrogen and oxygen atoms in total. The number of hydrogen-bond donors (Lipinski definition) is 1. The van der Waals surface area contributed by atoms with Crippen LogP contribution in [0.1, 0.15) is 5.56 Å². The number of hydrogen-bond acceptors (Lipinski definition) is 7. The van der Waals surface area contributed by atoms with E-state index in [9.17, 15) is 18.0 Å². The van der Waals surface area contributed by atoms with Crippen LogP contribution in [-0.4, -0.2) is 26.8 Å². The molecule has 0 bridgehead atoms. The summed E-state index contributed by atoms with van der Waals surface area (Å²) in [5.41, 5.74) is -1.01. The summed E-state index contributed by atoms with van der Waals surface area (Å²) >= 11 is 6.66. The molecule has 0 atom stereocenters. The van der Waals surface area contributed by atoms with Crippen molar-refractivity contribution in [3.63, 3.8) is 0 Å². The van der Waals surface area contributed by atoms with Gasteiger partial charge in [-0.2, -0.15) is 13.2 Å². The Morgan fingerprint density at radius 2 is 2.15 bits per heavy atom. The second kappa shape index (κ2) is 7.38. The molecule has 0 saturated carbocycles. The van der Waals surface area contributed by atoms with Crippen LogP contribution < -0.4 is 5.32 Å². The van der Waals surface area contributed by atoms with Gasteiger partial charge in [0, 0.05) is 6.20 Å². The molecule has 0 saturated heterocycles. The predicted octanol–water partition coefficient (Wildman–Crippen LogP) is 4.13. The number of pyridine rings is 1. The van der Waals surface area contributed by atoms with Gasteiger partial charge >= 0.3 is 6.18 Å². The monoisotopic (exact) mass is 404 g/mol. The molecule has 0 radical (unpaired) electrons. The Kier molecular flexibility index (Phi) is 5.18. The lowest BCUT2D eigenvalue weighted by Crippen LogP contribution is -2.16. The number of rotatable bonds is 5. The highest BCUT2D eigenvalue weighted by Gasteiger charge is 2.31. The van der Waals surface area contributed by atoms with Crippen molar-refractivity contribution in [2.75, 3.05) is 11.1 Å². The summed E-state index contributed by atoms with van der Waals surface area (Å²) in [7, 11) is 0. The molecule has 0 spiro atoms. The van der Waals surface area contributed by atoms with Crippen molar-refractivity contribution in [3.8, 4) is 11.7 Å². The van der Waals surface area contributed by atoms with Crippen LogP contribution in [0.5, 0.6) is 0 Å². The Morgan fingerprint density at radius 1 is 1.35 bits per heavy atom. The number of amides is 1. The highest BCUT2D eigenvalue weighted by molar-refractivity contribution is 7.99. The number of nitrogens with one attached hydrogen (secondary N) is 1. The first-order valence-electron chi connectivity index (χ1n) is 6.85. The van der Waals surface area contributed by atoms with Gasteiger partial charge in [-0.1, -0.05) is 23.4 Å². The number of furan rings is 1. The molecule has 0 aliphatic rings. The zero-order valence-electron chi connectivity index (χ0n) is 12.6. The van der Waals surface area contributed by atoms with Gasteiger partial charge in [0.05, 0.1) is 22.6 Å². The van der Waals surface area contributed by atoms with Crippen LogP contribution in [0, 0.1) is 0 Å². The maximum absolute atomic E-state index is 12.6. The van der Waals surface area contributed by atoms with E-state index in [1.807, 2.05) is 0 Å². The van der Waals surface area contributed by atoms with E-state index in [1.165, 1.54) is 6.26 Å². The van der Waals surface area contributed by atoms with Crippen LogP contribution >= 0.6 is 23.4 Å². The number of nitrogens with zero attached hydrogens (tertiary/aromatic N) is 3. The lowest BCUT2D eigenvalue weighted by molar-refractivity contribution is -0.137. The third kappa shape index (κ3) is 4.35. The minimum Gasteiger partial charge on any atom is -0.459 e. The number of carbonyl (C=O) groups excluding carboxylic acids is 1. The summed E-state index contributed by atoms with van der Waals surface area (Å²) in [6.07, 6.45) is -2.54. The van der Waals surface area contributed by atoms with Crippen molar-refractivity contribution in [3.05, 3.63) is 41.2 Å². The van der Waals surface area contributed by atoms with Gasteiger partial charge in [0.2, 0.25) is 5.91 Å². The van der Waals surface area contributed by atoms with E-state index >= 15 is 0 Å². The molecule has 0 aliphatic heterocycles. The van der Waals surface area contributed by atoms with Crippen molar-refractivity contribution in [1.29, 1.82) is 0 Å². The maximum Gasteiger partial charge on any atom is 0.417 e. The standard InChI is InChI=1S/C14H8ClF3N4O3S/c15-8-4-7(14(16,17)18)5-19-11(8)20-10(23)6-26-13-22-21-12(25-13)9-2-1-3-24-9/h1-5H,6H2,(H,19,20,23). The van der Waals surface area contributed by atoms with Gasteiger partial charge in [-0.15, -0.1) is 10.2 Å². The van der Waals surface area contributed by atoms with E-state index < -0.39 is 17.6 Å². The Balaban J connectivity index is 1.58. The van der Waals surface area contributed by atoms with Crippen LogP contribution in [0.15, 0.2) is 44.7 Å². The van der Waals surface area contributed by atoms with Crippen LogP contribution in [0.25, 0.3) is 11.7 Å². The number of thioether (sulfide) groups is 1. The van der Waals surface area contributed by atoms with Crippen molar-refractivity contribution in [1.82, 2.24) is 15.2 Å². The SMILES string of the molecule is O=C(CSc1nnc(-c2ccco2)o1)Nc1ncc(C(F)(F)F)cc1Cl. The molecular formula is C14H8ClF3N4O3S. The van der Waals surface area contributed by atoms with Gasteiger partial charge in [0.25, 0.3) is 11.1 Å². The molecule has 1 N–H and O–H groups in total. The van der Waals surface area contributed by atoms with E-state index in [1.54, 1.807) is 12.1 Å². The molecule has 12 heteroatoms. The molecular weight excluding hydrogens is 397 g/mol. The average molecular weight is 405 g/mol. The third-order valence-electron chi connectivity index (χ3n) is 2.89. The van der Waals surface area contributed by atoms with Crippen LogP contribution in [-0.2, 0) is 11.0 Å². The Morgan fingerprint density at radius 3 is 2.81 bits per heavy atom. The fourth-order valence-corrected chi connectivity index (χ4v) is 2.53. The smallest absolute Gasteiger partial charge is 0.417 e. The molecule has 26 heavy (non-hydrogen) atoms. The normalized spacial score (nSPS) is 11.5. The van der Waals surface area contributed by atoms with Gasteiger partial charge < -0.3 is 14.2 Å². The molecule has 3 heterocycles. The first-order valence-corrected chi connectivity index (χ1v) is 8.22. The predicted molar refractivity (Wildman–Crippen MR) is 85.6 cm³/mol. The van der Waals surface area contributed by atoms with E-state index in [0.29, 0.717) is 18.0 Å². The molecule has 0 aliphatic carbocycles. The summed E-state index contributed by atoms with van der Waals surface area (Å²) in [4.78, 5) is 15.4. The van der Waals surface area contributed by atoms with Crippen LogP contribution in [0.2, 0.25) is 5.02 Å². The first-order chi connectivity index (χ1) is 12.3. The Hall–Kier alpha value is -2.53. The highest BCUT2D eigenvalue weighted by atomic mass is 35.5. The number of alkyl halides is 3. The van der Waals surface area contributed by atoms with Gasteiger partial charge in [0.1, 0.15) is 0 Å². The topological polar surface area (TPSA) is 94.0 Å². The fraction of sp³-hybridized carbons (Fsp3) is 0.143. The number of aromatic nitrogens is 3. The molecule has 0 fully saturated rings. The second-order valence-corrected chi connectivity index (χ2v) is 6.07. The van der Waals surface area contributed by atoms with Gasteiger partial charge in [-0.3, -0.25) is 4.79 Å². The van der Waals surface area contributed by atoms with E-state index in [0.717, 1.165) is 11.8 Å². The second-order valence-electron chi connectivity index (χ2n) is 4.74. The maximum atomic E-state index is 12.6. The molecule has 3 aromatic rings. The van der Waals surface area contributed by atoms with Gasteiger partial charge in [-0.25, -0.2) is 4.98 Å². The van der Waals surface area contributed by atoms with Crippen molar-refractivity contribution in [2.45, 2.75) is 11.4 Å². The van der Waals surface area contributed by atoms with Crippen molar-refractivity contribution < 1.29 is 26.8 Å². The number of carbonyl (C=O) groups is 1. The number of halogens is 4. The van der Waals surface area contributed by atoms with Crippen LogP contribution in [0.4, 0.5) is 19.0 Å². The molecule has 136 valence electrons. The van der Waals surface area contributed by atoms with Gasteiger partial charge in [-0.05, 0) is 18.2 Å².